The molecule has 0 unspecified atom stereocenters. The maximum absolute atomic E-state index is 10.9. The Balaban J connectivity index is 1.74. The lowest BCUT2D eigenvalue weighted by molar-refractivity contribution is -0.384. The van der Waals surface area contributed by atoms with Gasteiger partial charge in [-0.25, -0.2) is 0 Å². The average Bonchev–Trinajstić information content (AvgIpc) is 2.72. The zero-order chi connectivity index (χ0) is 19.1. The molecule has 0 radical (unpaired) electrons. The van der Waals surface area contributed by atoms with E-state index < -0.39 is 4.92 Å². The standard InChI is InChI=1S/C22H16N2O3/c23-15-20(19-7-4-8-21(14-19)24(25)26)13-17-9-11-22(12-10-17)27-16-18-5-2-1-3-6-18/h1-14H,16H2. The molecular weight excluding hydrogens is 340 g/mol. The number of rotatable bonds is 6. The Bertz CT molecular complexity index is 1000. The molecule has 3 aromatic carbocycles. The van der Waals surface area contributed by atoms with Crippen LogP contribution in [0.25, 0.3) is 11.6 Å². The molecular formula is C22H16N2O3. The first-order valence-corrected chi connectivity index (χ1v) is 8.29. The molecule has 5 nitrogen and oxygen atoms in total. The summed E-state index contributed by atoms with van der Waals surface area (Å²) < 4.78 is 5.74. The highest BCUT2D eigenvalue weighted by molar-refractivity contribution is 5.90. The summed E-state index contributed by atoms with van der Waals surface area (Å²) in [6, 6.07) is 25.4. The molecule has 0 aliphatic heterocycles. The smallest absolute Gasteiger partial charge is 0.270 e. The number of hydrogen-bond acceptors (Lipinski definition) is 4. The molecule has 0 saturated carbocycles. The van der Waals surface area contributed by atoms with Crippen molar-refractivity contribution in [2.24, 2.45) is 0 Å². The van der Waals surface area contributed by atoms with E-state index in [2.05, 4.69) is 6.07 Å². The molecule has 3 aromatic rings. The predicted octanol–water partition coefficient (Wildman–Crippen LogP) is 5.24. The van der Waals surface area contributed by atoms with Crippen molar-refractivity contribution in [3.8, 4) is 11.8 Å². The van der Waals surface area contributed by atoms with Crippen LogP contribution in [-0.2, 0) is 6.61 Å². The number of nitrogens with zero attached hydrogens (tertiary/aromatic N) is 2. The highest BCUT2D eigenvalue weighted by atomic mass is 16.6. The number of hydrogen-bond donors (Lipinski definition) is 0. The van der Waals surface area contributed by atoms with Gasteiger partial charge in [0.25, 0.3) is 5.69 Å². The van der Waals surface area contributed by atoms with Crippen LogP contribution in [0.3, 0.4) is 0 Å². The van der Waals surface area contributed by atoms with Gasteiger partial charge in [0.15, 0.2) is 0 Å². The minimum absolute atomic E-state index is 0.0432. The monoisotopic (exact) mass is 356 g/mol. The van der Waals surface area contributed by atoms with Crippen LogP contribution in [0.4, 0.5) is 5.69 Å². The van der Waals surface area contributed by atoms with Crippen LogP contribution >= 0.6 is 0 Å². The molecule has 132 valence electrons. The van der Waals surface area contributed by atoms with Crippen molar-refractivity contribution in [1.29, 1.82) is 5.26 Å². The lowest BCUT2D eigenvalue weighted by atomic mass is 10.0. The molecule has 0 fully saturated rings. The summed E-state index contributed by atoms with van der Waals surface area (Å²) in [6.07, 6.45) is 1.69. The summed E-state index contributed by atoms with van der Waals surface area (Å²) in [7, 11) is 0. The summed E-state index contributed by atoms with van der Waals surface area (Å²) in [5.74, 6) is 0.727. The lowest BCUT2D eigenvalue weighted by Gasteiger charge is -2.06. The van der Waals surface area contributed by atoms with Crippen molar-refractivity contribution in [2.45, 2.75) is 6.61 Å². The molecule has 0 atom stereocenters. The normalized spacial score (nSPS) is 10.9. The number of ether oxygens (including phenoxy) is 1. The van der Waals surface area contributed by atoms with Gasteiger partial charge in [0.05, 0.1) is 16.6 Å². The summed E-state index contributed by atoms with van der Waals surface area (Å²) in [5, 5.41) is 20.3. The van der Waals surface area contributed by atoms with Crippen molar-refractivity contribution in [2.75, 3.05) is 0 Å². The van der Waals surface area contributed by atoms with Crippen molar-refractivity contribution >= 4 is 17.3 Å². The van der Waals surface area contributed by atoms with E-state index in [9.17, 15) is 15.4 Å². The van der Waals surface area contributed by atoms with Gasteiger partial charge in [-0.2, -0.15) is 5.26 Å². The third kappa shape index (κ3) is 4.80. The number of allylic oxidation sites excluding steroid dienone is 1. The van der Waals surface area contributed by atoms with E-state index in [1.807, 2.05) is 54.6 Å². The molecule has 27 heavy (non-hydrogen) atoms. The van der Waals surface area contributed by atoms with Gasteiger partial charge >= 0.3 is 0 Å². The Hall–Kier alpha value is -3.91. The molecule has 0 bridgehead atoms. The van der Waals surface area contributed by atoms with E-state index in [4.69, 9.17) is 4.74 Å². The van der Waals surface area contributed by atoms with E-state index >= 15 is 0 Å². The van der Waals surface area contributed by atoms with Crippen molar-refractivity contribution < 1.29 is 9.66 Å². The lowest BCUT2D eigenvalue weighted by Crippen LogP contribution is -1.94. The molecule has 3 rings (SSSR count). The number of nitro benzene ring substituents is 1. The number of nitriles is 1. The molecule has 5 heteroatoms. The Morgan fingerprint density at radius 2 is 1.78 bits per heavy atom. The highest BCUT2D eigenvalue weighted by Gasteiger charge is 2.09. The minimum Gasteiger partial charge on any atom is -0.489 e. The molecule has 0 saturated heterocycles. The second-order valence-electron chi connectivity index (χ2n) is 5.82. The van der Waals surface area contributed by atoms with Gasteiger partial charge in [0, 0.05) is 12.1 Å². The second-order valence-corrected chi connectivity index (χ2v) is 5.82. The van der Waals surface area contributed by atoms with Crippen molar-refractivity contribution in [3.63, 3.8) is 0 Å². The van der Waals surface area contributed by atoms with Crippen molar-refractivity contribution in [1.82, 2.24) is 0 Å². The van der Waals surface area contributed by atoms with E-state index in [0.29, 0.717) is 17.7 Å². The Morgan fingerprint density at radius 1 is 1.04 bits per heavy atom. The first-order chi connectivity index (χ1) is 13.2. The molecule has 0 aromatic heterocycles. The molecule has 0 spiro atoms. The number of benzene rings is 3. The zero-order valence-corrected chi connectivity index (χ0v) is 14.4. The van der Waals surface area contributed by atoms with Crippen LogP contribution in [0.5, 0.6) is 5.75 Å². The summed E-state index contributed by atoms with van der Waals surface area (Å²) in [6.45, 7) is 0.479. The van der Waals surface area contributed by atoms with Crippen molar-refractivity contribution in [3.05, 3.63) is 106 Å². The fourth-order valence-electron chi connectivity index (χ4n) is 2.54. The fraction of sp³-hybridized carbons (Fsp3) is 0.0455. The van der Waals surface area contributed by atoms with Gasteiger partial charge < -0.3 is 4.74 Å². The van der Waals surface area contributed by atoms with E-state index in [-0.39, 0.29) is 5.69 Å². The van der Waals surface area contributed by atoms with Gasteiger partial charge in [-0.05, 0) is 34.9 Å². The van der Waals surface area contributed by atoms with Gasteiger partial charge in [0.1, 0.15) is 12.4 Å². The van der Waals surface area contributed by atoms with Crippen LogP contribution in [0.1, 0.15) is 16.7 Å². The third-order valence-electron chi connectivity index (χ3n) is 3.93. The molecule has 0 amide bonds. The first-order valence-electron chi connectivity index (χ1n) is 8.29. The van der Waals surface area contributed by atoms with E-state index in [1.165, 1.54) is 12.1 Å². The fourth-order valence-corrected chi connectivity index (χ4v) is 2.54. The quantitative estimate of drug-likeness (QED) is 0.262. The topological polar surface area (TPSA) is 76.2 Å². The largest absolute Gasteiger partial charge is 0.489 e. The first kappa shape index (κ1) is 17.9. The maximum atomic E-state index is 10.9. The van der Waals surface area contributed by atoms with E-state index in [0.717, 1.165) is 16.9 Å². The minimum atomic E-state index is -0.475. The van der Waals surface area contributed by atoms with Crippen LogP contribution in [0.15, 0.2) is 78.9 Å². The highest BCUT2D eigenvalue weighted by Crippen LogP contribution is 2.23. The summed E-state index contributed by atoms with van der Waals surface area (Å²) >= 11 is 0. The molecule has 0 N–H and O–H groups in total. The Kier molecular flexibility index (Phi) is 5.60. The zero-order valence-electron chi connectivity index (χ0n) is 14.4. The Morgan fingerprint density at radius 3 is 2.44 bits per heavy atom. The van der Waals surface area contributed by atoms with E-state index in [1.54, 1.807) is 18.2 Å². The van der Waals surface area contributed by atoms with Gasteiger partial charge in [-0.3, -0.25) is 10.1 Å². The van der Waals surface area contributed by atoms with Crippen LogP contribution in [0.2, 0.25) is 0 Å². The second kappa shape index (κ2) is 8.45. The van der Waals surface area contributed by atoms with Gasteiger partial charge in [0.2, 0.25) is 0 Å². The van der Waals surface area contributed by atoms with Crippen LogP contribution in [-0.4, -0.2) is 4.92 Å². The number of non-ortho nitro benzene ring substituents is 1. The maximum Gasteiger partial charge on any atom is 0.270 e. The van der Waals surface area contributed by atoms with Crippen LogP contribution < -0.4 is 4.74 Å². The molecule has 0 heterocycles. The number of nitro groups is 1. The van der Waals surface area contributed by atoms with Gasteiger partial charge in [-0.15, -0.1) is 0 Å². The van der Waals surface area contributed by atoms with Gasteiger partial charge in [-0.1, -0.05) is 54.6 Å². The Labute approximate surface area is 156 Å². The third-order valence-corrected chi connectivity index (χ3v) is 3.93. The average molecular weight is 356 g/mol. The van der Waals surface area contributed by atoms with Crippen LogP contribution in [0, 0.1) is 21.4 Å². The predicted molar refractivity (Wildman–Crippen MR) is 104 cm³/mol. The molecule has 0 aliphatic carbocycles. The summed E-state index contributed by atoms with van der Waals surface area (Å²) in [4.78, 5) is 10.4. The summed E-state index contributed by atoms with van der Waals surface area (Å²) in [5.41, 5.74) is 2.72. The SMILES string of the molecule is N#CC(=Cc1ccc(OCc2ccccc2)cc1)c1cccc([N+](=O)[O-])c1. The molecule has 0 aliphatic rings.